The molecule has 6 heteroatoms. The van der Waals surface area contributed by atoms with Gasteiger partial charge < -0.3 is 5.73 Å². The first-order chi connectivity index (χ1) is 10.1. The number of hydrogen-bond acceptors (Lipinski definition) is 4. The van der Waals surface area contributed by atoms with E-state index in [1.807, 2.05) is 41.1 Å². The summed E-state index contributed by atoms with van der Waals surface area (Å²) in [4.78, 5) is 16.8. The molecule has 106 valence electrons. The number of aromatic nitrogens is 1. The summed E-state index contributed by atoms with van der Waals surface area (Å²) in [5.41, 5.74) is 8.12. The standard InChI is InChI=1S/C15H11ClN2OS2/c16-11-3-1-9(2-4-11)15-18-12(7-13(17)19)14(21-15)10-5-6-20-8-10/h1-6,8H,7H2,(H2,17,19). The summed E-state index contributed by atoms with van der Waals surface area (Å²) in [7, 11) is 0. The number of hydrogen-bond donors (Lipinski definition) is 1. The van der Waals surface area contributed by atoms with Crippen LogP contribution in [0.3, 0.4) is 0 Å². The third kappa shape index (κ3) is 3.15. The number of thiazole rings is 1. The minimum absolute atomic E-state index is 0.148. The van der Waals surface area contributed by atoms with Gasteiger partial charge in [0.1, 0.15) is 5.01 Å². The van der Waals surface area contributed by atoms with Crippen molar-refractivity contribution in [3.63, 3.8) is 0 Å². The molecule has 0 saturated carbocycles. The van der Waals surface area contributed by atoms with E-state index in [-0.39, 0.29) is 12.3 Å². The smallest absolute Gasteiger partial charge is 0.223 e. The Bertz CT molecular complexity index is 764. The van der Waals surface area contributed by atoms with E-state index in [4.69, 9.17) is 17.3 Å². The zero-order valence-corrected chi connectivity index (χ0v) is 13.3. The minimum Gasteiger partial charge on any atom is -0.369 e. The lowest BCUT2D eigenvalue weighted by Gasteiger charge is -1.96. The Hall–Kier alpha value is -1.69. The van der Waals surface area contributed by atoms with E-state index in [1.54, 1.807) is 22.7 Å². The van der Waals surface area contributed by atoms with Crippen molar-refractivity contribution in [1.82, 2.24) is 4.98 Å². The molecule has 1 aromatic carbocycles. The summed E-state index contributed by atoms with van der Waals surface area (Å²) in [5.74, 6) is -0.376. The van der Waals surface area contributed by atoms with Gasteiger partial charge in [0.25, 0.3) is 0 Å². The molecule has 0 unspecified atom stereocenters. The highest BCUT2D eigenvalue weighted by atomic mass is 35.5. The van der Waals surface area contributed by atoms with Crippen LogP contribution in [0.15, 0.2) is 41.1 Å². The van der Waals surface area contributed by atoms with Crippen LogP contribution in [0, 0.1) is 0 Å². The predicted octanol–water partition coefficient (Wildman–Crippen LogP) is 4.22. The molecule has 3 rings (SSSR count). The second-order valence-corrected chi connectivity index (χ2v) is 6.67. The first kappa shape index (κ1) is 14.3. The summed E-state index contributed by atoms with van der Waals surface area (Å²) in [6, 6.07) is 9.53. The van der Waals surface area contributed by atoms with Crippen LogP contribution in [0.5, 0.6) is 0 Å². The summed E-state index contributed by atoms with van der Waals surface area (Å²) >= 11 is 9.09. The molecule has 0 fully saturated rings. The molecule has 21 heavy (non-hydrogen) atoms. The Labute approximate surface area is 135 Å². The number of benzene rings is 1. The lowest BCUT2D eigenvalue weighted by Crippen LogP contribution is -2.14. The fourth-order valence-corrected chi connectivity index (χ4v) is 3.90. The monoisotopic (exact) mass is 334 g/mol. The third-order valence-electron chi connectivity index (χ3n) is 2.91. The topological polar surface area (TPSA) is 56.0 Å². The third-order valence-corrected chi connectivity index (χ3v) is 5.04. The van der Waals surface area contributed by atoms with Crippen molar-refractivity contribution in [1.29, 1.82) is 0 Å². The average Bonchev–Trinajstić information content (AvgIpc) is 3.08. The van der Waals surface area contributed by atoms with Crippen LogP contribution in [0.1, 0.15) is 5.69 Å². The van der Waals surface area contributed by atoms with Crippen molar-refractivity contribution in [2.24, 2.45) is 5.73 Å². The highest BCUT2D eigenvalue weighted by Gasteiger charge is 2.16. The van der Waals surface area contributed by atoms with Gasteiger partial charge in [-0.3, -0.25) is 4.79 Å². The van der Waals surface area contributed by atoms with E-state index >= 15 is 0 Å². The van der Waals surface area contributed by atoms with Crippen LogP contribution >= 0.6 is 34.3 Å². The van der Waals surface area contributed by atoms with Gasteiger partial charge in [0.15, 0.2) is 0 Å². The van der Waals surface area contributed by atoms with Crippen molar-refractivity contribution >= 4 is 40.2 Å². The Balaban J connectivity index is 2.07. The summed E-state index contributed by atoms with van der Waals surface area (Å²) in [6.45, 7) is 0. The van der Waals surface area contributed by atoms with Crippen LogP contribution in [-0.4, -0.2) is 10.9 Å². The van der Waals surface area contributed by atoms with Crippen molar-refractivity contribution in [2.45, 2.75) is 6.42 Å². The van der Waals surface area contributed by atoms with E-state index in [2.05, 4.69) is 4.98 Å². The second kappa shape index (κ2) is 5.97. The van der Waals surface area contributed by atoms with Gasteiger partial charge in [0, 0.05) is 16.1 Å². The fraction of sp³-hybridized carbons (Fsp3) is 0.0667. The largest absolute Gasteiger partial charge is 0.369 e. The number of primary amides is 1. The van der Waals surface area contributed by atoms with Crippen molar-refractivity contribution in [3.8, 4) is 21.0 Å². The Morgan fingerprint density at radius 1 is 1.19 bits per heavy atom. The molecule has 0 atom stereocenters. The molecule has 2 aromatic heterocycles. The van der Waals surface area contributed by atoms with Gasteiger partial charge in [-0.2, -0.15) is 11.3 Å². The maximum atomic E-state index is 11.3. The van der Waals surface area contributed by atoms with Gasteiger partial charge in [0.05, 0.1) is 17.0 Å². The van der Waals surface area contributed by atoms with Gasteiger partial charge in [-0.05, 0) is 29.0 Å². The molecule has 3 aromatic rings. The maximum absolute atomic E-state index is 11.3. The molecule has 0 saturated heterocycles. The minimum atomic E-state index is -0.376. The number of rotatable bonds is 4. The molecule has 2 N–H and O–H groups in total. The van der Waals surface area contributed by atoms with Crippen LogP contribution in [0.2, 0.25) is 5.02 Å². The first-order valence-electron chi connectivity index (χ1n) is 6.20. The van der Waals surface area contributed by atoms with Crippen molar-refractivity contribution in [2.75, 3.05) is 0 Å². The van der Waals surface area contributed by atoms with E-state index in [0.29, 0.717) is 5.02 Å². The zero-order valence-electron chi connectivity index (χ0n) is 10.9. The molecule has 0 aliphatic carbocycles. The molecule has 0 aliphatic rings. The molecular formula is C15H11ClN2OS2. The molecule has 1 amide bonds. The summed E-state index contributed by atoms with van der Waals surface area (Å²) in [5, 5.41) is 5.60. The summed E-state index contributed by atoms with van der Waals surface area (Å²) < 4.78 is 0. The van der Waals surface area contributed by atoms with Gasteiger partial charge in [0.2, 0.25) is 5.91 Å². The number of carbonyl (C=O) groups excluding carboxylic acids is 1. The van der Waals surface area contributed by atoms with Crippen LogP contribution < -0.4 is 5.73 Å². The number of amides is 1. The van der Waals surface area contributed by atoms with E-state index in [1.165, 1.54) is 0 Å². The number of carbonyl (C=O) groups is 1. The van der Waals surface area contributed by atoms with Gasteiger partial charge >= 0.3 is 0 Å². The number of halogens is 1. The van der Waals surface area contributed by atoms with Crippen molar-refractivity contribution in [3.05, 3.63) is 51.8 Å². The molecule has 0 bridgehead atoms. The molecule has 3 nitrogen and oxygen atoms in total. The molecule has 0 spiro atoms. The lowest BCUT2D eigenvalue weighted by molar-refractivity contribution is -0.117. The van der Waals surface area contributed by atoms with Gasteiger partial charge in [-0.1, -0.05) is 23.7 Å². The highest BCUT2D eigenvalue weighted by Crippen LogP contribution is 2.36. The number of nitrogens with zero attached hydrogens (tertiary/aromatic N) is 1. The molecule has 0 radical (unpaired) electrons. The predicted molar refractivity (Wildman–Crippen MR) is 88.8 cm³/mol. The number of nitrogens with two attached hydrogens (primary N) is 1. The Morgan fingerprint density at radius 3 is 2.57 bits per heavy atom. The highest BCUT2D eigenvalue weighted by molar-refractivity contribution is 7.19. The zero-order chi connectivity index (χ0) is 14.8. The molecule has 2 heterocycles. The summed E-state index contributed by atoms with van der Waals surface area (Å²) in [6.07, 6.45) is 0.148. The molecular weight excluding hydrogens is 324 g/mol. The van der Waals surface area contributed by atoms with E-state index < -0.39 is 0 Å². The van der Waals surface area contributed by atoms with Gasteiger partial charge in [-0.15, -0.1) is 11.3 Å². The SMILES string of the molecule is NC(=O)Cc1nc(-c2ccc(Cl)cc2)sc1-c1ccsc1. The van der Waals surface area contributed by atoms with Crippen LogP contribution in [0.4, 0.5) is 0 Å². The van der Waals surface area contributed by atoms with Crippen molar-refractivity contribution < 1.29 is 4.79 Å². The molecule has 0 aliphatic heterocycles. The normalized spacial score (nSPS) is 10.7. The number of thiophene rings is 1. The Morgan fingerprint density at radius 2 is 1.95 bits per heavy atom. The van der Waals surface area contributed by atoms with E-state index in [0.717, 1.165) is 26.7 Å². The fourth-order valence-electron chi connectivity index (χ4n) is 1.97. The van der Waals surface area contributed by atoms with Gasteiger partial charge in [-0.25, -0.2) is 4.98 Å². The first-order valence-corrected chi connectivity index (χ1v) is 8.34. The average molecular weight is 335 g/mol. The van der Waals surface area contributed by atoms with Crippen LogP contribution in [-0.2, 0) is 11.2 Å². The lowest BCUT2D eigenvalue weighted by atomic mass is 10.2. The quantitative estimate of drug-likeness (QED) is 0.776. The second-order valence-electron chi connectivity index (χ2n) is 4.46. The Kier molecular flexibility index (Phi) is 4.05. The maximum Gasteiger partial charge on any atom is 0.223 e. The van der Waals surface area contributed by atoms with E-state index in [9.17, 15) is 4.79 Å². The van der Waals surface area contributed by atoms with Crippen LogP contribution in [0.25, 0.3) is 21.0 Å².